The molecule has 2 aromatic carbocycles. The lowest BCUT2D eigenvalue weighted by Gasteiger charge is -2.16. The van der Waals surface area contributed by atoms with Crippen molar-refractivity contribution in [1.82, 2.24) is 4.98 Å². The number of halogens is 1. The Balaban J connectivity index is 0.00000289. The maximum absolute atomic E-state index is 13.6. The zero-order valence-corrected chi connectivity index (χ0v) is 16.9. The minimum atomic E-state index is -1.13. The van der Waals surface area contributed by atoms with E-state index in [1.165, 1.54) is 12.1 Å². The van der Waals surface area contributed by atoms with Gasteiger partial charge >= 0.3 is 5.97 Å². The largest absolute Gasteiger partial charge is 0.481 e. The van der Waals surface area contributed by atoms with Gasteiger partial charge in [0.25, 0.3) is 0 Å². The molecule has 3 N–H and O–H groups in total. The number of carboxylic acid groups (broad SMARTS) is 1. The number of hydrogen-bond acceptors (Lipinski definition) is 4. The third-order valence-corrected chi connectivity index (χ3v) is 5.47. The molecule has 2 atom stereocenters. The third kappa shape index (κ3) is 5.39. The van der Waals surface area contributed by atoms with E-state index in [9.17, 15) is 19.4 Å². The molecule has 1 aromatic heterocycles. The minimum absolute atomic E-state index is 0. The fourth-order valence-electron chi connectivity index (χ4n) is 3.86. The van der Waals surface area contributed by atoms with Gasteiger partial charge in [0, 0.05) is 28.9 Å². The Morgan fingerprint density at radius 1 is 1.12 bits per heavy atom. The molecule has 0 spiro atoms. The summed E-state index contributed by atoms with van der Waals surface area (Å²) in [6.45, 7) is 0. The summed E-state index contributed by atoms with van der Waals surface area (Å²) < 4.78 is 13.6. The molecule has 0 radical (unpaired) electrons. The van der Waals surface area contributed by atoms with Gasteiger partial charge in [0.05, 0.1) is 29.8 Å². The quantitative estimate of drug-likeness (QED) is 0.453. The monoisotopic (exact) mass is 437 g/mol. The summed E-state index contributed by atoms with van der Waals surface area (Å²) in [5.41, 5.74) is 4.43. The van der Waals surface area contributed by atoms with Gasteiger partial charge in [-0.15, -0.1) is 0 Å². The van der Waals surface area contributed by atoms with Crippen molar-refractivity contribution in [2.45, 2.75) is 51.2 Å². The molecular weight excluding hydrogens is 409 g/mol. The van der Waals surface area contributed by atoms with Crippen LogP contribution in [-0.4, -0.2) is 38.5 Å². The molecule has 6 heteroatoms. The molecule has 1 saturated carbocycles. The zero-order valence-electron chi connectivity index (χ0n) is 16.9. The smallest absolute Gasteiger partial charge is 0.305 e. The van der Waals surface area contributed by atoms with Crippen LogP contribution in [0.4, 0.5) is 4.39 Å². The van der Waals surface area contributed by atoms with Gasteiger partial charge < -0.3 is 15.3 Å². The van der Waals surface area contributed by atoms with Crippen molar-refractivity contribution >= 4 is 22.9 Å². The van der Waals surface area contributed by atoms with Crippen LogP contribution in [0, 0.1) is 5.82 Å². The highest BCUT2D eigenvalue weighted by Gasteiger charge is 2.29. The second-order valence-corrected chi connectivity index (χ2v) is 8.00. The van der Waals surface area contributed by atoms with Gasteiger partial charge in [0.1, 0.15) is 5.82 Å². The highest BCUT2D eigenvalue weighted by molar-refractivity contribution is 5.99. The molecular formula is C26H28FNO4. The summed E-state index contributed by atoms with van der Waals surface area (Å²) >= 11 is 0. The molecule has 2 unspecified atom stereocenters. The van der Waals surface area contributed by atoms with E-state index in [0.29, 0.717) is 5.92 Å². The summed E-state index contributed by atoms with van der Waals surface area (Å²) in [5, 5.41) is 29.9. The van der Waals surface area contributed by atoms with Crippen LogP contribution >= 0.6 is 0 Å². The second kappa shape index (κ2) is 10.0. The number of aliphatic hydroxyl groups excluding tert-OH is 2. The first-order valence-electron chi connectivity index (χ1n) is 10.4. The molecule has 4 rings (SSSR count). The summed E-state index contributed by atoms with van der Waals surface area (Å²) in [6, 6.07) is 14.1. The van der Waals surface area contributed by atoms with Gasteiger partial charge in [0.2, 0.25) is 0 Å². The molecule has 0 amide bonds. The highest BCUT2D eigenvalue weighted by Crippen LogP contribution is 2.45. The molecule has 0 bridgehead atoms. The molecule has 1 fully saturated rings. The predicted octanol–water partition coefficient (Wildman–Crippen LogP) is 5.15. The number of nitrogens with zero attached hydrogens (tertiary/aromatic N) is 1. The lowest BCUT2D eigenvalue weighted by Crippen LogP contribution is -2.19. The number of aliphatic hydroxyl groups is 2. The molecule has 5 nitrogen and oxygen atoms in total. The van der Waals surface area contributed by atoms with Crippen LogP contribution in [0.1, 0.15) is 50.3 Å². The molecule has 32 heavy (non-hydrogen) atoms. The molecule has 0 aliphatic heterocycles. The van der Waals surface area contributed by atoms with Gasteiger partial charge in [-0.2, -0.15) is 0 Å². The number of carboxylic acids is 1. The van der Waals surface area contributed by atoms with E-state index in [2.05, 4.69) is 0 Å². The first-order chi connectivity index (χ1) is 14.9. The van der Waals surface area contributed by atoms with Crippen LogP contribution in [0.15, 0.2) is 54.6 Å². The number of carbonyl (C=O) groups is 1. The van der Waals surface area contributed by atoms with E-state index in [-0.39, 0.29) is 19.7 Å². The Bertz CT molecular complexity index is 1120. The van der Waals surface area contributed by atoms with Gasteiger partial charge in [-0.3, -0.25) is 9.78 Å². The summed E-state index contributed by atoms with van der Waals surface area (Å²) in [5.74, 6) is -1.10. The van der Waals surface area contributed by atoms with Gasteiger partial charge in [0.15, 0.2) is 0 Å². The number of rotatable bonds is 8. The summed E-state index contributed by atoms with van der Waals surface area (Å²) in [7, 11) is 0. The van der Waals surface area contributed by atoms with Crippen molar-refractivity contribution < 1.29 is 24.5 Å². The number of aliphatic carboxylic acids is 1. The zero-order chi connectivity index (χ0) is 22.0. The average molecular weight is 438 g/mol. The minimum Gasteiger partial charge on any atom is -0.481 e. The molecule has 3 aromatic rings. The SMILES string of the molecule is C.O=C(O)CC(O)CC(O)C=Cc1c(C2CC2)nc2ccccc2c1-c1ccc(F)cc1. The maximum atomic E-state index is 13.6. The Morgan fingerprint density at radius 2 is 1.81 bits per heavy atom. The Labute approximate surface area is 186 Å². The number of benzene rings is 2. The maximum Gasteiger partial charge on any atom is 0.305 e. The number of pyridine rings is 1. The Kier molecular flexibility index (Phi) is 7.38. The summed E-state index contributed by atoms with van der Waals surface area (Å²) in [6.07, 6.45) is 2.80. The van der Waals surface area contributed by atoms with Crippen molar-refractivity contribution in [3.63, 3.8) is 0 Å². The molecule has 1 heterocycles. The fraction of sp³-hybridized carbons (Fsp3) is 0.308. The summed E-state index contributed by atoms with van der Waals surface area (Å²) in [4.78, 5) is 15.6. The third-order valence-electron chi connectivity index (χ3n) is 5.47. The fourth-order valence-corrected chi connectivity index (χ4v) is 3.86. The van der Waals surface area contributed by atoms with E-state index in [4.69, 9.17) is 10.1 Å². The van der Waals surface area contributed by atoms with Gasteiger partial charge in [-0.25, -0.2) is 4.39 Å². The average Bonchev–Trinajstić information content (AvgIpc) is 3.56. The van der Waals surface area contributed by atoms with Crippen LogP contribution in [0.2, 0.25) is 0 Å². The van der Waals surface area contributed by atoms with Crippen LogP contribution in [0.3, 0.4) is 0 Å². The van der Waals surface area contributed by atoms with E-state index < -0.39 is 24.6 Å². The first kappa shape index (κ1) is 23.6. The van der Waals surface area contributed by atoms with Gasteiger partial charge in [-0.05, 0) is 36.6 Å². The molecule has 1 aliphatic rings. The van der Waals surface area contributed by atoms with Crippen molar-refractivity contribution in [2.75, 3.05) is 0 Å². The number of aromatic nitrogens is 1. The van der Waals surface area contributed by atoms with Crippen LogP contribution in [0.25, 0.3) is 28.1 Å². The van der Waals surface area contributed by atoms with E-state index in [0.717, 1.165) is 46.1 Å². The lowest BCUT2D eigenvalue weighted by atomic mass is 9.92. The first-order valence-corrected chi connectivity index (χ1v) is 10.4. The van der Waals surface area contributed by atoms with Crippen LogP contribution in [-0.2, 0) is 4.79 Å². The van der Waals surface area contributed by atoms with Gasteiger partial charge in [-0.1, -0.05) is 49.9 Å². The van der Waals surface area contributed by atoms with E-state index in [1.54, 1.807) is 24.3 Å². The van der Waals surface area contributed by atoms with E-state index in [1.807, 2.05) is 24.3 Å². The van der Waals surface area contributed by atoms with Crippen molar-refractivity contribution in [3.8, 4) is 11.1 Å². The normalized spacial score (nSPS) is 15.5. The lowest BCUT2D eigenvalue weighted by molar-refractivity contribution is -0.139. The number of hydrogen-bond donors (Lipinski definition) is 3. The number of fused-ring (bicyclic) bond motifs is 1. The van der Waals surface area contributed by atoms with Crippen molar-refractivity contribution in [1.29, 1.82) is 0 Å². The molecule has 0 saturated heterocycles. The second-order valence-electron chi connectivity index (χ2n) is 8.00. The Morgan fingerprint density at radius 3 is 2.47 bits per heavy atom. The number of para-hydroxylation sites is 1. The van der Waals surface area contributed by atoms with E-state index >= 15 is 0 Å². The Hall–Kier alpha value is -3.09. The van der Waals surface area contributed by atoms with Crippen LogP contribution < -0.4 is 0 Å². The topological polar surface area (TPSA) is 90.7 Å². The molecule has 1 aliphatic carbocycles. The van der Waals surface area contributed by atoms with Crippen molar-refractivity contribution in [3.05, 3.63) is 71.7 Å². The van der Waals surface area contributed by atoms with Crippen LogP contribution in [0.5, 0.6) is 0 Å². The molecule has 168 valence electrons. The predicted molar refractivity (Wildman–Crippen MR) is 124 cm³/mol. The standard InChI is InChI=1S/C25H24FNO4.CH4/c26-17-9-7-15(8-10-17)24-20-3-1-2-4-22(20)27-25(16-5-6-16)21(24)12-11-18(28)13-19(29)14-23(30)31;/h1-4,7-12,16,18-19,28-29H,5-6,13-14H2,(H,30,31);1H4. The highest BCUT2D eigenvalue weighted by atomic mass is 19.1. The van der Waals surface area contributed by atoms with Crippen molar-refractivity contribution in [2.24, 2.45) is 0 Å².